The minimum absolute atomic E-state index is 0. The molecule has 7 nitrogen and oxygen atoms in total. The number of methoxy groups -OCH3 is 2. The van der Waals surface area contributed by atoms with E-state index >= 15 is 0 Å². The highest BCUT2D eigenvalue weighted by Crippen LogP contribution is 2.33. The van der Waals surface area contributed by atoms with Gasteiger partial charge in [0.2, 0.25) is 5.91 Å². The average molecular weight is 400 g/mol. The first kappa shape index (κ1) is 20.4. The zero-order valence-corrected chi connectivity index (χ0v) is 16.2. The molecule has 3 rings (SSSR count). The minimum atomic E-state index is -0.0730. The van der Waals surface area contributed by atoms with Gasteiger partial charge < -0.3 is 24.8 Å². The summed E-state index contributed by atoms with van der Waals surface area (Å²) in [6.07, 6.45) is 0.366. The van der Waals surface area contributed by atoms with Gasteiger partial charge in [0, 0.05) is 30.0 Å². The smallest absolute Gasteiger partial charge is 0.227 e. The zero-order chi connectivity index (χ0) is 17.6. The van der Waals surface area contributed by atoms with Crippen molar-refractivity contribution in [2.24, 2.45) is 0 Å². The number of hydrogen-bond donors (Lipinski definition) is 2. The number of amides is 1. The lowest BCUT2D eigenvalue weighted by atomic mass is 10.1. The Bertz CT molecular complexity index is 735. The van der Waals surface area contributed by atoms with Crippen LogP contribution in [-0.2, 0) is 9.53 Å². The summed E-state index contributed by atoms with van der Waals surface area (Å²) in [6.45, 7) is 2.03. The van der Waals surface area contributed by atoms with Gasteiger partial charge in [-0.15, -0.1) is 23.7 Å². The number of nitrogens with one attached hydrogen (secondary N) is 2. The predicted molar refractivity (Wildman–Crippen MR) is 104 cm³/mol. The third-order valence-corrected chi connectivity index (χ3v) is 4.62. The molecule has 2 aromatic rings. The Labute approximate surface area is 162 Å². The van der Waals surface area contributed by atoms with E-state index in [1.54, 1.807) is 14.2 Å². The first-order chi connectivity index (χ1) is 12.2. The largest absolute Gasteiger partial charge is 0.493 e. The van der Waals surface area contributed by atoms with Crippen molar-refractivity contribution in [1.82, 2.24) is 10.3 Å². The molecule has 1 saturated heterocycles. The van der Waals surface area contributed by atoms with E-state index in [0.29, 0.717) is 36.3 Å². The Balaban J connectivity index is 0.00000243. The molecule has 1 aliphatic rings. The molecule has 1 amide bonds. The Kier molecular flexibility index (Phi) is 7.65. The lowest BCUT2D eigenvalue weighted by molar-refractivity contribution is -0.117. The van der Waals surface area contributed by atoms with E-state index in [2.05, 4.69) is 15.6 Å². The summed E-state index contributed by atoms with van der Waals surface area (Å²) in [7, 11) is 3.19. The van der Waals surface area contributed by atoms with Crippen molar-refractivity contribution in [3.63, 3.8) is 0 Å². The van der Waals surface area contributed by atoms with Gasteiger partial charge in [0.15, 0.2) is 16.6 Å². The van der Waals surface area contributed by atoms with E-state index in [1.807, 2.05) is 23.6 Å². The van der Waals surface area contributed by atoms with Crippen LogP contribution in [-0.4, -0.2) is 50.9 Å². The van der Waals surface area contributed by atoms with Gasteiger partial charge in [-0.05, 0) is 18.2 Å². The van der Waals surface area contributed by atoms with Gasteiger partial charge in [0.25, 0.3) is 0 Å². The van der Waals surface area contributed by atoms with E-state index < -0.39 is 0 Å². The number of rotatable bonds is 6. The summed E-state index contributed by atoms with van der Waals surface area (Å²) in [5, 5.41) is 8.59. The lowest BCUT2D eigenvalue weighted by Gasteiger charge is -2.22. The average Bonchev–Trinajstić information content (AvgIpc) is 3.10. The number of anilines is 1. The van der Waals surface area contributed by atoms with Crippen LogP contribution in [0, 0.1) is 0 Å². The second-order valence-corrected chi connectivity index (χ2v) is 6.44. The molecule has 142 valence electrons. The number of nitrogens with zero attached hydrogens (tertiary/aromatic N) is 1. The van der Waals surface area contributed by atoms with Gasteiger partial charge in [-0.2, -0.15) is 0 Å². The molecule has 1 fully saturated rings. The first-order valence-electron chi connectivity index (χ1n) is 7.98. The van der Waals surface area contributed by atoms with E-state index in [0.717, 1.165) is 17.8 Å². The molecule has 0 aliphatic carbocycles. The quantitative estimate of drug-likeness (QED) is 0.776. The van der Waals surface area contributed by atoms with Crippen LogP contribution < -0.4 is 20.1 Å². The van der Waals surface area contributed by atoms with E-state index in [-0.39, 0.29) is 24.4 Å². The van der Waals surface area contributed by atoms with Crippen LogP contribution in [0.4, 0.5) is 5.13 Å². The minimum Gasteiger partial charge on any atom is -0.493 e. The fourth-order valence-corrected chi connectivity index (χ4v) is 3.34. The predicted octanol–water partition coefficient (Wildman–Crippen LogP) is 2.57. The normalized spacial score (nSPS) is 16.5. The summed E-state index contributed by atoms with van der Waals surface area (Å²) >= 11 is 1.39. The van der Waals surface area contributed by atoms with Crippen molar-refractivity contribution in [2.75, 3.05) is 39.3 Å². The molecule has 2 N–H and O–H groups in total. The Morgan fingerprint density at radius 1 is 1.38 bits per heavy atom. The summed E-state index contributed by atoms with van der Waals surface area (Å²) in [6, 6.07) is 5.66. The molecule has 1 aromatic carbocycles. The van der Waals surface area contributed by atoms with Crippen molar-refractivity contribution >= 4 is 34.8 Å². The monoisotopic (exact) mass is 399 g/mol. The number of ether oxygens (including phenoxy) is 3. The number of benzene rings is 1. The maximum absolute atomic E-state index is 12.1. The molecule has 0 spiro atoms. The third-order valence-electron chi connectivity index (χ3n) is 3.86. The number of thiazole rings is 1. The molecule has 1 atom stereocenters. The second kappa shape index (κ2) is 9.72. The van der Waals surface area contributed by atoms with E-state index in [1.165, 1.54) is 11.3 Å². The van der Waals surface area contributed by atoms with Crippen LogP contribution in [0.3, 0.4) is 0 Å². The maximum atomic E-state index is 12.1. The highest BCUT2D eigenvalue weighted by Gasteiger charge is 2.18. The number of carbonyl (C=O) groups excluding carboxylic acids is 1. The summed E-state index contributed by atoms with van der Waals surface area (Å²) in [5.74, 6) is 1.23. The van der Waals surface area contributed by atoms with Gasteiger partial charge >= 0.3 is 0 Å². The number of morpholine rings is 1. The molecule has 1 aliphatic heterocycles. The highest BCUT2D eigenvalue weighted by atomic mass is 35.5. The van der Waals surface area contributed by atoms with Crippen LogP contribution in [0.25, 0.3) is 11.3 Å². The van der Waals surface area contributed by atoms with Crippen LogP contribution in [0.15, 0.2) is 23.6 Å². The zero-order valence-electron chi connectivity index (χ0n) is 14.6. The van der Waals surface area contributed by atoms with Gasteiger partial charge in [-0.25, -0.2) is 4.98 Å². The van der Waals surface area contributed by atoms with Gasteiger partial charge in [0.05, 0.1) is 33.1 Å². The van der Waals surface area contributed by atoms with Crippen molar-refractivity contribution < 1.29 is 19.0 Å². The van der Waals surface area contributed by atoms with Gasteiger partial charge in [-0.3, -0.25) is 4.79 Å². The second-order valence-electron chi connectivity index (χ2n) is 5.59. The van der Waals surface area contributed by atoms with Gasteiger partial charge in [-0.1, -0.05) is 0 Å². The summed E-state index contributed by atoms with van der Waals surface area (Å²) < 4.78 is 15.9. The molecule has 1 unspecified atom stereocenters. The van der Waals surface area contributed by atoms with E-state index in [9.17, 15) is 4.79 Å². The number of aromatic nitrogens is 1. The molecule has 1 aromatic heterocycles. The molecule has 2 heterocycles. The van der Waals surface area contributed by atoms with Gasteiger partial charge in [0.1, 0.15) is 0 Å². The molecule has 0 bridgehead atoms. The third kappa shape index (κ3) is 5.07. The summed E-state index contributed by atoms with van der Waals surface area (Å²) in [5.41, 5.74) is 1.68. The molecule has 0 radical (unpaired) electrons. The number of carbonyl (C=O) groups is 1. The van der Waals surface area contributed by atoms with Crippen LogP contribution in [0.5, 0.6) is 11.5 Å². The van der Waals surface area contributed by atoms with E-state index in [4.69, 9.17) is 14.2 Å². The molecule has 9 heteroatoms. The highest BCUT2D eigenvalue weighted by molar-refractivity contribution is 7.14. The standard InChI is InChI=1S/C17H21N3O4S.ClH/c1-22-14-4-3-11(7-15(14)23-2)13-10-25-17(19-13)20-16(21)8-12-9-24-6-5-18-12;/h3-4,7,10,12,18H,5-6,8-9H2,1-2H3,(H,19,20,21);1H. The maximum Gasteiger partial charge on any atom is 0.227 e. The van der Waals surface area contributed by atoms with Crippen molar-refractivity contribution in [3.8, 4) is 22.8 Å². The fourth-order valence-electron chi connectivity index (χ4n) is 2.60. The number of hydrogen-bond acceptors (Lipinski definition) is 7. The van der Waals surface area contributed by atoms with Crippen LogP contribution in [0.1, 0.15) is 6.42 Å². The van der Waals surface area contributed by atoms with Crippen molar-refractivity contribution in [1.29, 1.82) is 0 Å². The topological polar surface area (TPSA) is 81.7 Å². The molecule has 26 heavy (non-hydrogen) atoms. The summed E-state index contributed by atoms with van der Waals surface area (Å²) in [4.78, 5) is 16.6. The van der Waals surface area contributed by atoms with Crippen molar-refractivity contribution in [3.05, 3.63) is 23.6 Å². The number of halogens is 1. The molecular formula is C17H22ClN3O4S. The SMILES string of the molecule is COc1ccc(-c2csc(NC(=O)CC3COCCN3)n2)cc1OC.Cl. The van der Waals surface area contributed by atoms with Crippen molar-refractivity contribution in [2.45, 2.75) is 12.5 Å². The Morgan fingerprint density at radius 3 is 2.88 bits per heavy atom. The first-order valence-corrected chi connectivity index (χ1v) is 8.86. The molecular weight excluding hydrogens is 378 g/mol. The molecule has 0 saturated carbocycles. The fraction of sp³-hybridized carbons (Fsp3) is 0.412. The Morgan fingerprint density at radius 2 is 2.19 bits per heavy atom. The van der Waals surface area contributed by atoms with Crippen LogP contribution >= 0.6 is 23.7 Å². The Hall–Kier alpha value is -1.87. The lowest BCUT2D eigenvalue weighted by Crippen LogP contribution is -2.43. The van der Waals surface area contributed by atoms with Crippen LogP contribution in [0.2, 0.25) is 0 Å².